The predicted molar refractivity (Wildman–Crippen MR) is 55.3 cm³/mol. The molecule has 0 aliphatic carbocycles. The summed E-state index contributed by atoms with van der Waals surface area (Å²) in [4.78, 5) is 4.12. The number of nitrogens with zero attached hydrogens (tertiary/aromatic N) is 3. The van der Waals surface area contributed by atoms with Gasteiger partial charge in [0.1, 0.15) is 5.69 Å². The highest BCUT2D eigenvalue weighted by Gasteiger charge is 2.04. The van der Waals surface area contributed by atoms with Crippen LogP contribution in [0.3, 0.4) is 0 Å². The SMILES string of the molecule is Clc1cc(-c2ccccn2)nnc1Cl. The monoisotopic (exact) mass is 225 g/mol. The van der Waals surface area contributed by atoms with Crippen LogP contribution < -0.4 is 0 Å². The number of hydrogen-bond acceptors (Lipinski definition) is 3. The first-order valence-electron chi connectivity index (χ1n) is 3.87. The zero-order valence-corrected chi connectivity index (χ0v) is 8.50. The molecule has 2 rings (SSSR count). The molecule has 2 heterocycles. The molecule has 2 aromatic heterocycles. The highest BCUT2D eigenvalue weighted by atomic mass is 35.5. The van der Waals surface area contributed by atoms with Crippen LogP contribution in [0.15, 0.2) is 30.5 Å². The quantitative estimate of drug-likeness (QED) is 0.750. The Morgan fingerprint density at radius 3 is 2.50 bits per heavy atom. The molecule has 0 amide bonds. The fourth-order valence-corrected chi connectivity index (χ4v) is 1.23. The van der Waals surface area contributed by atoms with Crippen LogP contribution in [-0.4, -0.2) is 15.2 Å². The van der Waals surface area contributed by atoms with Gasteiger partial charge in [-0.25, -0.2) is 0 Å². The Bertz CT molecular complexity index is 445. The van der Waals surface area contributed by atoms with Gasteiger partial charge in [-0.1, -0.05) is 29.3 Å². The third-order valence-corrected chi connectivity index (χ3v) is 2.30. The van der Waals surface area contributed by atoms with E-state index < -0.39 is 0 Å². The van der Waals surface area contributed by atoms with Crippen LogP contribution in [-0.2, 0) is 0 Å². The molecule has 0 aliphatic heterocycles. The second kappa shape index (κ2) is 3.90. The van der Waals surface area contributed by atoms with Crippen molar-refractivity contribution in [1.29, 1.82) is 0 Å². The van der Waals surface area contributed by atoms with Crippen LogP contribution in [0.2, 0.25) is 10.2 Å². The van der Waals surface area contributed by atoms with Gasteiger partial charge in [-0.05, 0) is 18.2 Å². The van der Waals surface area contributed by atoms with E-state index in [1.807, 2.05) is 18.2 Å². The van der Waals surface area contributed by atoms with Gasteiger partial charge in [-0.2, -0.15) is 0 Å². The molecule has 0 spiro atoms. The number of rotatable bonds is 1. The molecule has 0 bridgehead atoms. The normalized spacial score (nSPS) is 10.1. The molecule has 3 nitrogen and oxygen atoms in total. The van der Waals surface area contributed by atoms with Gasteiger partial charge in [0.15, 0.2) is 5.15 Å². The van der Waals surface area contributed by atoms with Crippen molar-refractivity contribution < 1.29 is 0 Å². The van der Waals surface area contributed by atoms with Gasteiger partial charge < -0.3 is 0 Å². The summed E-state index contributed by atoms with van der Waals surface area (Å²) in [6.45, 7) is 0. The third kappa shape index (κ3) is 1.84. The third-order valence-electron chi connectivity index (χ3n) is 1.63. The van der Waals surface area contributed by atoms with Crippen molar-refractivity contribution in [3.63, 3.8) is 0 Å². The van der Waals surface area contributed by atoms with Gasteiger partial charge in [0.05, 0.1) is 10.7 Å². The highest BCUT2D eigenvalue weighted by Crippen LogP contribution is 2.22. The average Bonchev–Trinajstić information content (AvgIpc) is 2.23. The molecule has 14 heavy (non-hydrogen) atoms. The van der Waals surface area contributed by atoms with Crippen molar-refractivity contribution in [2.75, 3.05) is 0 Å². The average molecular weight is 226 g/mol. The van der Waals surface area contributed by atoms with Gasteiger partial charge in [-0.15, -0.1) is 10.2 Å². The van der Waals surface area contributed by atoms with Crippen molar-refractivity contribution in [1.82, 2.24) is 15.2 Å². The van der Waals surface area contributed by atoms with Crippen LogP contribution in [0, 0.1) is 0 Å². The van der Waals surface area contributed by atoms with E-state index in [4.69, 9.17) is 23.2 Å². The van der Waals surface area contributed by atoms with Crippen LogP contribution in [0.1, 0.15) is 0 Å². The topological polar surface area (TPSA) is 38.7 Å². The fraction of sp³-hybridized carbons (Fsp3) is 0. The predicted octanol–water partition coefficient (Wildman–Crippen LogP) is 2.85. The maximum atomic E-state index is 5.80. The van der Waals surface area contributed by atoms with Crippen molar-refractivity contribution in [2.45, 2.75) is 0 Å². The molecule has 0 unspecified atom stereocenters. The molecule has 0 saturated heterocycles. The zero-order chi connectivity index (χ0) is 9.97. The van der Waals surface area contributed by atoms with Crippen LogP contribution in [0.25, 0.3) is 11.4 Å². The standard InChI is InChI=1S/C9H5Cl2N3/c10-6-5-8(13-14-9(6)11)7-3-1-2-4-12-7/h1-5H. The Morgan fingerprint density at radius 2 is 1.86 bits per heavy atom. The summed E-state index contributed by atoms with van der Waals surface area (Å²) in [5.74, 6) is 0. The number of halogens is 2. The molecule has 0 radical (unpaired) electrons. The first-order valence-corrected chi connectivity index (χ1v) is 4.63. The first-order chi connectivity index (χ1) is 6.77. The van der Waals surface area contributed by atoms with Gasteiger partial charge in [-0.3, -0.25) is 4.98 Å². The number of aromatic nitrogens is 3. The highest BCUT2D eigenvalue weighted by molar-refractivity contribution is 6.41. The minimum Gasteiger partial charge on any atom is -0.255 e. The van der Waals surface area contributed by atoms with E-state index in [1.165, 1.54) is 0 Å². The smallest absolute Gasteiger partial charge is 0.170 e. The maximum Gasteiger partial charge on any atom is 0.170 e. The molecule has 0 aliphatic rings. The van der Waals surface area contributed by atoms with Crippen LogP contribution in [0.4, 0.5) is 0 Å². The molecule has 5 heteroatoms. The molecule has 0 fully saturated rings. The van der Waals surface area contributed by atoms with Crippen LogP contribution in [0.5, 0.6) is 0 Å². The first kappa shape index (κ1) is 9.37. The van der Waals surface area contributed by atoms with Gasteiger partial charge in [0, 0.05) is 6.20 Å². The molecule has 0 N–H and O–H groups in total. The molecular formula is C9H5Cl2N3. The van der Waals surface area contributed by atoms with E-state index in [9.17, 15) is 0 Å². The Morgan fingerprint density at radius 1 is 1.00 bits per heavy atom. The molecule has 2 aromatic rings. The molecule has 0 atom stereocenters. The molecule has 70 valence electrons. The van der Waals surface area contributed by atoms with Crippen molar-refractivity contribution >= 4 is 23.2 Å². The molecule has 0 saturated carbocycles. The van der Waals surface area contributed by atoms with Crippen molar-refractivity contribution in [2.24, 2.45) is 0 Å². The maximum absolute atomic E-state index is 5.80. The second-order valence-electron chi connectivity index (χ2n) is 2.58. The zero-order valence-electron chi connectivity index (χ0n) is 6.98. The van der Waals surface area contributed by atoms with E-state index in [0.29, 0.717) is 10.7 Å². The molecule has 0 aromatic carbocycles. The van der Waals surface area contributed by atoms with Crippen molar-refractivity contribution in [3.8, 4) is 11.4 Å². The molecular weight excluding hydrogens is 221 g/mol. The Kier molecular flexibility index (Phi) is 2.61. The van der Waals surface area contributed by atoms with Gasteiger partial charge >= 0.3 is 0 Å². The lowest BCUT2D eigenvalue weighted by molar-refractivity contribution is 1.03. The Labute approximate surface area is 90.7 Å². The number of hydrogen-bond donors (Lipinski definition) is 0. The summed E-state index contributed by atoms with van der Waals surface area (Å²) >= 11 is 11.4. The fourth-order valence-electron chi connectivity index (χ4n) is 0.993. The minimum absolute atomic E-state index is 0.200. The summed E-state index contributed by atoms with van der Waals surface area (Å²) in [5, 5.41) is 8.16. The number of pyridine rings is 1. The summed E-state index contributed by atoms with van der Waals surface area (Å²) < 4.78 is 0. The van der Waals surface area contributed by atoms with Crippen LogP contribution >= 0.6 is 23.2 Å². The summed E-state index contributed by atoms with van der Waals surface area (Å²) in [6, 6.07) is 7.16. The Hall–Kier alpha value is -1.19. The van der Waals surface area contributed by atoms with E-state index in [2.05, 4.69) is 15.2 Å². The second-order valence-corrected chi connectivity index (χ2v) is 3.35. The van der Waals surface area contributed by atoms with E-state index in [-0.39, 0.29) is 5.15 Å². The summed E-state index contributed by atoms with van der Waals surface area (Å²) in [5.41, 5.74) is 1.33. The lowest BCUT2D eigenvalue weighted by Crippen LogP contribution is -1.90. The lowest BCUT2D eigenvalue weighted by Gasteiger charge is -1.99. The van der Waals surface area contributed by atoms with Crippen molar-refractivity contribution in [3.05, 3.63) is 40.6 Å². The van der Waals surface area contributed by atoms with E-state index >= 15 is 0 Å². The van der Waals surface area contributed by atoms with E-state index in [1.54, 1.807) is 12.3 Å². The largest absolute Gasteiger partial charge is 0.255 e. The summed E-state index contributed by atoms with van der Waals surface area (Å²) in [7, 11) is 0. The summed E-state index contributed by atoms with van der Waals surface area (Å²) in [6.07, 6.45) is 1.68. The Balaban J connectivity index is 2.48. The lowest BCUT2D eigenvalue weighted by atomic mass is 10.2. The van der Waals surface area contributed by atoms with Gasteiger partial charge in [0.25, 0.3) is 0 Å². The van der Waals surface area contributed by atoms with E-state index in [0.717, 1.165) is 5.69 Å². The van der Waals surface area contributed by atoms with Gasteiger partial charge in [0.2, 0.25) is 0 Å². The minimum atomic E-state index is 0.200.